The van der Waals surface area contributed by atoms with Crippen molar-refractivity contribution in [2.45, 2.75) is 0 Å². The normalized spacial score (nSPS) is 11.3. The maximum absolute atomic E-state index is 12.2. The lowest BCUT2D eigenvalue weighted by Crippen LogP contribution is -2.22. The SMILES string of the molecule is C=C/C=C\C(=C/C=C)C(=O)c1ccc(BN)cc1. The summed E-state index contributed by atoms with van der Waals surface area (Å²) in [7, 11) is 0.472. The van der Waals surface area contributed by atoms with Crippen molar-refractivity contribution in [1.29, 1.82) is 0 Å². The lowest BCUT2D eigenvalue weighted by molar-refractivity contribution is 0.103. The van der Waals surface area contributed by atoms with Crippen molar-refractivity contribution in [3.05, 3.63) is 78.9 Å². The van der Waals surface area contributed by atoms with E-state index in [1.54, 1.807) is 42.5 Å². The molecule has 90 valence electrons. The molecule has 0 aliphatic carbocycles. The average Bonchev–Trinajstić information content (AvgIpc) is 2.43. The van der Waals surface area contributed by atoms with Gasteiger partial charge in [-0.15, -0.1) is 0 Å². The summed E-state index contributed by atoms with van der Waals surface area (Å²) < 4.78 is 0. The third-order valence-corrected chi connectivity index (χ3v) is 2.42. The first-order valence-corrected chi connectivity index (χ1v) is 5.68. The first-order valence-electron chi connectivity index (χ1n) is 5.68. The van der Waals surface area contributed by atoms with Crippen LogP contribution in [0.2, 0.25) is 0 Å². The van der Waals surface area contributed by atoms with Crippen LogP contribution in [0.4, 0.5) is 0 Å². The van der Waals surface area contributed by atoms with Crippen LogP contribution < -0.4 is 11.1 Å². The molecular formula is C15H16BNO. The highest BCUT2D eigenvalue weighted by molar-refractivity contribution is 6.49. The lowest BCUT2D eigenvalue weighted by atomic mass is 9.84. The Balaban J connectivity index is 3.01. The number of hydrogen-bond donors (Lipinski definition) is 1. The van der Waals surface area contributed by atoms with Gasteiger partial charge in [0.1, 0.15) is 0 Å². The number of benzene rings is 1. The van der Waals surface area contributed by atoms with Crippen molar-refractivity contribution in [3.8, 4) is 0 Å². The zero-order valence-corrected chi connectivity index (χ0v) is 10.3. The Kier molecular flexibility index (Phi) is 5.61. The quantitative estimate of drug-likeness (QED) is 0.354. The maximum atomic E-state index is 12.2. The molecule has 0 unspecified atom stereocenters. The van der Waals surface area contributed by atoms with Crippen LogP contribution in [0.15, 0.2) is 73.4 Å². The van der Waals surface area contributed by atoms with Gasteiger partial charge in [0.25, 0.3) is 0 Å². The van der Waals surface area contributed by atoms with Gasteiger partial charge in [0.2, 0.25) is 7.41 Å². The average molecular weight is 237 g/mol. The van der Waals surface area contributed by atoms with E-state index < -0.39 is 0 Å². The number of allylic oxidation sites excluding steroid dienone is 6. The second kappa shape index (κ2) is 7.25. The topological polar surface area (TPSA) is 43.1 Å². The minimum Gasteiger partial charge on any atom is -0.369 e. The second-order valence-corrected chi connectivity index (χ2v) is 3.68. The van der Waals surface area contributed by atoms with Crippen molar-refractivity contribution in [3.63, 3.8) is 0 Å². The van der Waals surface area contributed by atoms with E-state index in [-0.39, 0.29) is 5.78 Å². The number of ketones is 1. The first-order chi connectivity index (χ1) is 8.72. The van der Waals surface area contributed by atoms with Gasteiger partial charge in [-0.2, -0.15) is 0 Å². The molecule has 0 amide bonds. The number of nitrogens with two attached hydrogens (primary N) is 1. The molecule has 0 saturated carbocycles. The Hall–Kier alpha value is -2.13. The van der Waals surface area contributed by atoms with Crippen LogP contribution in [-0.2, 0) is 0 Å². The summed E-state index contributed by atoms with van der Waals surface area (Å²) >= 11 is 0. The maximum Gasteiger partial charge on any atom is 0.233 e. The molecule has 0 aromatic heterocycles. The van der Waals surface area contributed by atoms with E-state index in [9.17, 15) is 4.79 Å². The summed E-state index contributed by atoms with van der Waals surface area (Å²) in [6, 6.07) is 7.28. The van der Waals surface area contributed by atoms with E-state index in [2.05, 4.69) is 13.2 Å². The summed E-state index contributed by atoms with van der Waals surface area (Å²) in [5.74, 6) is -0.0448. The third kappa shape index (κ3) is 3.72. The molecule has 0 spiro atoms. The highest BCUT2D eigenvalue weighted by Crippen LogP contribution is 2.09. The molecule has 0 aliphatic heterocycles. The molecule has 0 bridgehead atoms. The van der Waals surface area contributed by atoms with Crippen molar-refractivity contribution >= 4 is 18.7 Å². The molecule has 0 atom stereocenters. The van der Waals surface area contributed by atoms with E-state index >= 15 is 0 Å². The molecule has 2 N–H and O–H groups in total. The Morgan fingerprint density at radius 3 is 2.33 bits per heavy atom. The molecule has 0 fully saturated rings. The predicted molar refractivity (Wildman–Crippen MR) is 79.4 cm³/mol. The Bertz CT molecular complexity index is 498. The van der Waals surface area contributed by atoms with Crippen molar-refractivity contribution in [2.75, 3.05) is 0 Å². The summed E-state index contributed by atoms with van der Waals surface area (Å²) in [4.78, 5) is 12.2. The van der Waals surface area contributed by atoms with Gasteiger partial charge in [0.05, 0.1) is 0 Å². The van der Waals surface area contributed by atoms with E-state index in [4.69, 9.17) is 5.64 Å². The third-order valence-electron chi connectivity index (χ3n) is 2.42. The van der Waals surface area contributed by atoms with Gasteiger partial charge in [-0.3, -0.25) is 4.79 Å². The van der Waals surface area contributed by atoms with Gasteiger partial charge in [-0.1, -0.05) is 73.3 Å². The van der Waals surface area contributed by atoms with Gasteiger partial charge in [-0.25, -0.2) is 0 Å². The van der Waals surface area contributed by atoms with Crippen molar-refractivity contribution in [2.24, 2.45) is 5.64 Å². The Labute approximate surface area is 108 Å². The number of carbonyl (C=O) groups excluding carboxylic acids is 1. The molecule has 18 heavy (non-hydrogen) atoms. The highest BCUT2D eigenvalue weighted by Gasteiger charge is 2.08. The largest absolute Gasteiger partial charge is 0.369 e. The second-order valence-electron chi connectivity index (χ2n) is 3.68. The number of Topliss-reactive ketones (excluding diaryl/α,β-unsaturated/α-hetero) is 1. The summed E-state index contributed by atoms with van der Waals surface area (Å²) in [5, 5.41) is 0. The van der Waals surface area contributed by atoms with Gasteiger partial charge in [-0.05, 0) is 0 Å². The standard InChI is InChI=1S/C15H16BNO/c1-3-5-7-12(6-4-2)15(18)13-8-10-14(16-17)11-9-13/h3-11,16H,1-2,17H2/b7-5-,12-6+. The van der Waals surface area contributed by atoms with E-state index in [0.717, 1.165) is 5.46 Å². The van der Waals surface area contributed by atoms with Gasteiger partial charge < -0.3 is 5.64 Å². The number of carbonyl (C=O) groups is 1. The number of rotatable bonds is 6. The zero-order valence-electron chi connectivity index (χ0n) is 10.3. The molecule has 1 rings (SSSR count). The molecule has 3 heteroatoms. The molecule has 0 saturated heterocycles. The minimum absolute atomic E-state index is 0.0448. The zero-order chi connectivity index (χ0) is 13.4. The Morgan fingerprint density at radius 2 is 1.83 bits per heavy atom. The predicted octanol–water partition coefficient (Wildman–Crippen LogP) is 1.66. The summed E-state index contributed by atoms with van der Waals surface area (Å²) in [6.45, 7) is 7.19. The van der Waals surface area contributed by atoms with Crippen LogP contribution in [0.3, 0.4) is 0 Å². The number of hydrogen-bond acceptors (Lipinski definition) is 2. The smallest absolute Gasteiger partial charge is 0.233 e. The van der Waals surface area contributed by atoms with Crippen molar-refractivity contribution < 1.29 is 4.79 Å². The minimum atomic E-state index is -0.0448. The van der Waals surface area contributed by atoms with Crippen molar-refractivity contribution in [1.82, 2.24) is 0 Å². The van der Waals surface area contributed by atoms with Crippen LogP contribution in [0, 0.1) is 0 Å². The summed E-state index contributed by atoms with van der Waals surface area (Å²) in [5.41, 5.74) is 7.73. The molecular weight excluding hydrogens is 221 g/mol. The van der Waals surface area contributed by atoms with Crippen LogP contribution in [-0.4, -0.2) is 13.2 Å². The molecule has 1 aromatic carbocycles. The van der Waals surface area contributed by atoms with Gasteiger partial charge in [0.15, 0.2) is 5.78 Å². The van der Waals surface area contributed by atoms with E-state index in [1.165, 1.54) is 0 Å². The van der Waals surface area contributed by atoms with Gasteiger partial charge >= 0.3 is 0 Å². The van der Waals surface area contributed by atoms with Crippen LogP contribution in [0.1, 0.15) is 10.4 Å². The van der Waals surface area contributed by atoms with E-state index in [1.807, 2.05) is 12.1 Å². The lowest BCUT2D eigenvalue weighted by Gasteiger charge is -2.02. The molecule has 0 heterocycles. The molecule has 0 aliphatic rings. The summed E-state index contributed by atoms with van der Waals surface area (Å²) in [6.07, 6.45) is 8.34. The molecule has 1 aromatic rings. The monoisotopic (exact) mass is 237 g/mol. The fraction of sp³-hybridized carbons (Fsp3) is 0. The Morgan fingerprint density at radius 1 is 1.17 bits per heavy atom. The van der Waals surface area contributed by atoms with Crippen LogP contribution in [0.25, 0.3) is 0 Å². The van der Waals surface area contributed by atoms with Crippen LogP contribution in [0.5, 0.6) is 0 Å². The molecule has 2 nitrogen and oxygen atoms in total. The fourth-order valence-corrected chi connectivity index (χ4v) is 1.46. The highest BCUT2D eigenvalue weighted by atomic mass is 16.1. The van der Waals surface area contributed by atoms with Crippen LogP contribution >= 0.6 is 0 Å². The first kappa shape index (κ1) is 13.9. The van der Waals surface area contributed by atoms with E-state index in [0.29, 0.717) is 18.6 Å². The van der Waals surface area contributed by atoms with Gasteiger partial charge in [0, 0.05) is 11.1 Å². The fourth-order valence-electron chi connectivity index (χ4n) is 1.46. The molecule has 0 radical (unpaired) electrons.